The summed E-state index contributed by atoms with van der Waals surface area (Å²) in [4.78, 5) is 12.9. The summed E-state index contributed by atoms with van der Waals surface area (Å²) in [5.41, 5.74) is 5.93. The fourth-order valence-electron chi connectivity index (χ4n) is 3.46. The first-order chi connectivity index (χ1) is 15.3. The Morgan fingerprint density at radius 1 is 1.03 bits per heavy atom. The van der Waals surface area contributed by atoms with Crippen LogP contribution < -0.4 is 5.32 Å². The van der Waals surface area contributed by atoms with Crippen molar-refractivity contribution in [3.8, 4) is 17.1 Å². The number of anilines is 1. The number of nitrogens with one attached hydrogen (secondary N) is 1. The molecule has 4 rings (SSSR count). The molecule has 3 aromatic carbocycles. The number of benzene rings is 3. The van der Waals surface area contributed by atoms with Gasteiger partial charge in [-0.1, -0.05) is 57.9 Å². The average molecular weight is 507 g/mol. The normalized spacial score (nSPS) is 10.9. The summed E-state index contributed by atoms with van der Waals surface area (Å²) < 4.78 is 4.88. The SMILES string of the molecule is Cc1ccc(-n2c(-c3cccc(Br)c3)nn(CC(=O)Nc3cccc(C)c3C)c2=S)cc1. The van der Waals surface area contributed by atoms with E-state index in [1.165, 1.54) is 0 Å². The largest absolute Gasteiger partial charge is 0.324 e. The van der Waals surface area contributed by atoms with Crippen molar-refractivity contribution in [2.75, 3.05) is 5.32 Å². The molecule has 1 heterocycles. The molecule has 7 heteroatoms. The highest BCUT2D eigenvalue weighted by Crippen LogP contribution is 2.26. The summed E-state index contributed by atoms with van der Waals surface area (Å²) in [6, 6.07) is 21.8. The van der Waals surface area contributed by atoms with Gasteiger partial charge in [0.05, 0.1) is 0 Å². The van der Waals surface area contributed by atoms with Gasteiger partial charge in [-0.15, -0.1) is 0 Å². The van der Waals surface area contributed by atoms with E-state index in [4.69, 9.17) is 17.3 Å². The molecule has 0 aliphatic carbocycles. The predicted molar refractivity (Wildman–Crippen MR) is 135 cm³/mol. The standard InChI is InChI=1S/C25H23BrN4OS/c1-16-10-12-21(13-11-16)30-24(19-7-5-8-20(26)14-19)28-29(25(30)32)15-23(31)27-22-9-4-6-17(2)18(22)3/h4-14H,15H2,1-3H3,(H,27,31). The Morgan fingerprint density at radius 3 is 2.47 bits per heavy atom. The van der Waals surface area contributed by atoms with Crippen LogP contribution in [0.25, 0.3) is 17.1 Å². The van der Waals surface area contributed by atoms with Gasteiger partial charge in [-0.05, 0) is 74.4 Å². The number of halogens is 1. The zero-order valence-electron chi connectivity index (χ0n) is 18.1. The van der Waals surface area contributed by atoms with Gasteiger partial charge in [-0.3, -0.25) is 9.36 Å². The van der Waals surface area contributed by atoms with E-state index in [2.05, 4.69) is 21.2 Å². The summed E-state index contributed by atoms with van der Waals surface area (Å²) in [6.07, 6.45) is 0. The highest BCUT2D eigenvalue weighted by Gasteiger charge is 2.17. The molecule has 0 aliphatic rings. The van der Waals surface area contributed by atoms with E-state index in [-0.39, 0.29) is 12.5 Å². The molecule has 0 aliphatic heterocycles. The lowest BCUT2D eigenvalue weighted by Crippen LogP contribution is -2.20. The number of rotatable bonds is 5. The van der Waals surface area contributed by atoms with E-state index in [9.17, 15) is 4.79 Å². The van der Waals surface area contributed by atoms with Crippen molar-refractivity contribution < 1.29 is 4.79 Å². The summed E-state index contributed by atoms with van der Waals surface area (Å²) in [5, 5.41) is 7.72. The molecule has 32 heavy (non-hydrogen) atoms. The zero-order valence-corrected chi connectivity index (χ0v) is 20.5. The van der Waals surface area contributed by atoms with Crippen molar-refractivity contribution in [2.45, 2.75) is 27.3 Å². The Bertz CT molecular complexity index is 1360. The second kappa shape index (κ2) is 9.22. The van der Waals surface area contributed by atoms with E-state index < -0.39 is 0 Å². The third-order valence-corrected chi connectivity index (χ3v) is 6.27. The average Bonchev–Trinajstić information content (AvgIpc) is 3.08. The molecule has 0 atom stereocenters. The third kappa shape index (κ3) is 4.59. The van der Waals surface area contributed by atoms with E-state index in [1.807, 2.05) is 92.1 Å². The number of amides is 1. The van der Waals surface area contributed by atoms with Crippen LogP contribution in [-0.2, 0) is 11.3 Å². The fourth-order valence-corrected chi connectivity index (χ4v) is 4.16. The highest BCUT2D eigenvalue weighted by molar-refractivity contribution is 9.10. The van der Waals surface area contributed by atoms with Gasteiger partial charge in [0.1, 0.15) is 6.54 Å². The lowest BCUT2D eigenvalue weighted by molar-refractivity contribution is -0.116. The van der Waals surface area contributed by atoms with Crippen molar-refractivity contribution in [3.63, 3.8) is 0 Å². The molecule has 0 bridgehead atoms. The lowest BCUT2D eigenvalue weighted by Gasteiger charge is -2.10. The first-order valence-electron chi connectivity index (χ1n) is 10.2. The van der Waals surface area contributed by atoms with Crippen molar-refractivity contribution >= 4 is 39.7 Å². The maximum atomic E-state index is 12.9. The van der Waals surface area contributed by atoms with Crippen LogP contribution in [0, 0.1) is 25.5 Å². The smallest absolute Gasteiger partial charge is 0.246 e. The Balaban J connectivity index is 1.74. The number of aromatic nitrogens is 3. The van der Waals surface area contributed by atoms with Crippen LogP contribution in [0.1, 0.15) is 16.7 Å². The van der Waals surface area contributed by atoms with Gasteiger partial charge in [0.25, 0.3) is 0 Å². The minimum atomic E-state index is -0.177. The molecule has 0 fully saturated rings. The van der Waals surface area contributed by atoms with Crippen molar-refractivity contribution in [3.05, 3.63) is 92.7 Å². The third-order valence-electron chi connectivity index (χ3n) is 5.39. The molecule has 1 N–H and O–H groups in total. The summed E-state index contributed by atoms with van der Waals surface area (Å²) in [6.45, 7) is 6.08. The van der Waals surface area contributed by atoms with E-state index in [1.54, 1.807) is 4.68 Å². The zero-order chi connectivity index (χ0) is 22.8. The lowest BCUT2D eigenvalue weighted by atomic mass is 10.1. The Hall–Kier alpha value is -3.03. The first kappa shape index (κ1) is 22.2. The minimum Gasteiger partial charge on any atom is -0.324 e. The quantitative estimate of drug-likeness (QED) is 0.318. The van der Waals surface area contributed by atoms with Crippen LogP contribution in [0.2, 0.25) is 0 Å². The molecule has 0 saturated carbocycles. The van der Waals surface area contributed by atoms with Crippen LogP contribution in [-0.4, -0.2) is 20.3 Å². The molecule has 0 saturated heterocycles. The van der Waals surface area contributed by atoms with Crippen LogP contribution in [0.4, 0.5) is 5.69 Å². The Kier molecular flexibility index (Phi) is 6.39. The number of hydrogen-bond acceptors (Lipinski definition) is 3. The number of nitrogens with zero attached hydrogens (tertiary/aromatic N) is 3. The fraction of sp³-hybridized carbons (Fsp3) is 0.160. The molecular formula is C25H23BrN4OS. The van der Waals surface area contributed by atoms with Gasteiger partial charge in [-0.25, -0.2) is 4.68 Å². The van der Waals surface area contributed by atoms with Crippen molar-refractivity contribution in [2.24, 2.45) is 0 Å². The number of carbonyl (C=O) groups excluding carboxylic acids is 1. The monoisotopic (exact) mass is 506 g/mol. The molecular weight excluding hydrogens is 484 g/mol. The second-order valence-electron chi connectivity index (χ2n) is 7.74. The van der Waals surface area contributed by atoms with Gasteiger partial charge in [0, 0.05) is 21.4 Å². The van der Waals surface area contributed by atoms with Gasteiger partial charge in [0.15, 0.2) is 5.82 Å². The topological polar surface area (TPSA) is 51.9 Å². The van der Waals surface area contributed by atoms with Crippen molar-refractivity contribution in [1.29, 1.82) is 0 Å². The van der Waals surface area contributed by atoms with Gasteiger partial charge >= 0.3 is 0 Å². The van der Waals surface area contributed by atoms with Crippen LogP contribution >= 0.6 is 28.1 Å². The molecule has 162 valence electrons. The molecule has 1 amide bonds. The second-order valence-corrected chi connectivity index (χ2v) is 9.02. The summed E-state index contributed by atoms with van der Waals surface area (Å²) in [7, 11) is 0. The maximum absolute atomic E-state index is 12.9. The minimum absolute atomic E-state index is 0.0199. The summed E-state index contributed by atoms with van der Waals surface area (Å²) >= 11 is 9.29. The van der Waals surface area contributed by atoms with E-state index in [0.717, 1.165) is 38.1 Å². The molecule has 0 spiro atoms. The van der Waals surface area contributed by atoms with Gasteiger partial charge in [0.2, 0.25) is 10.7 Å². The predicted octanol–water partition coefficient (Wildman–Crippen LogP) is 6.40. The number of aryl methyl sites for hydroxylation is 2. The van der Waals surface area contributed by atoms with Crippen molar-refractivity contribution in [1.82, 2.24) is 14.3 Å². The number of hydrogen-bond donors (Lipinski definition) is 1. The molecule has 0 radical (unpaired) electrons. The summed E-state index contributed by atoms with van der Waals surface area (Å²) in [5.74, 6) is 0.504. The maximum Gasteiger partial charge on any atom is 0.246 e. The highest BCUT2D eigenvalue weighted by atomic mass is 79.9. The molecule has 4 aromatic rings. The van der Waals surface area contributed by atoms with E-state index >= 15 is 0 Å². The van der Waals surface area contributed by atoms with Crippen LogP contribution in [0.5, 0.6) is 0 Å². The van der Waals surface area contributed by atoms with Crippen LogP contribution in [0.15, 0.2) is 71.2 Å². The number of carbonyl (C=O) groups is 1. The molecule has 0 unspecified atom stereocenters. The Morgan fingerprint density at radius 2 is 1.75 bits per heavy atom. The van der Waals surface area contributed by atoms with E-state index in [0.29, 0.717) is 10.6 Å². The Labute approximate surface area is 200 Å². The first-order valence-corrected chi connectivity index (χ1v) is 11.4. The molecule has 5 nitrogen and oxygen atoms in total. The van der Waals surface area contributed by atoms with Gasteiger partial charge in [-0.2, -0.15) is 5.10 Å². The molecule has 1 aromatic heterocycles. The van der Waals surface area contributed by atoms with Crippen LogP contribution in [0.3, 0.4) is 0 Å². The van der Waals surface area contributed by atoms with Gasteiger partial charge < -0.3 is 5.32 Å².